The summed E-state index contributed by atoms with van der Waals surface area (Å²) in [4.78, 5) is 38.6. The first-order valence-electron chi connectivity index (χ1n) is 9.21. The molecule has 2 aromatic heterocycles. The predicted octanol–water partition coefficient (Wildman–Crippen LogP) is 2.18. The third kappa shape index (κ3) is 3.40. The molecular formula is C19H17F3N4O4. The third-order valence-corrected chi connectivity index (χ3v) is 5.23. The van der Waals surface area contributed by atoms with Gasteiger partial charge in [0.05, 0.1) is 6.04 Å². The van der Waals surface area contributed by atoms with Gasteiger partial charge >= 0.3 is 17.5 Å². The van der Waals surface area contributed by atoms with Crippen LogP contribution in [0.2, 0.25) is 0 Å². The molecule has 1 fully saturated rings. The number of carbonyl (C=O) groups excluding carboxylic acids is 1. The molecule has 0 aliphatic carbocycles. The van der Waals surface area contributed by atoms with Crippen molar-refractivity contribution in [2.75, 3.05) is 13.1 Å². The molecule has 4 rings (SSSR count). The van der Waals surface area contributed by atoms with Gasteiger partial charge in [0.1, 0.15) is 11.1 Å². The first-order valence-corrected chi connectivity index (χ1v) is 9.21. The lowest BCUT2D eigenvalue weighted by Gasteiger charge is -2.31. The second-order valence-corrected chi connectivity index (χ2v) is 7.12. The Morgan fingerprint density at radius 2 is 1.83 bits per heavy atom. The maximum absolute atomic E-state index is 13.0. The highest BCUT2D eigenvalue weighted by atomic mass is 19.4. The number of nitrogens with zero attached hydrogens (tertiary/aromatic N) is 4. The molecule has 0 bridgehead atoms. The molecule has 30 heavy (non-hydrogen) atoms. The molecule has 1 amide bonds. The van der Waals surface area contributed by atoms with Crippen molar-refractivity contribution in [1.82, 2.24) is 19.2 Å². The minimum atomic E-state index is -4.74. The number of likely N-dealkylation sites (tertiary alicyclic amines) is 1. The number of halogens is 3. The third-order valence-electron chi connectivity index (χ3n) is 5.23. The van der Waals surface area contributed by atoms with E-state index in [2.05, 4.69) is 5.10 Å². The van der Waals surface area contributed by atoms with Gasteiger partial charge in [-0.25, -0.2) is 14.3 Å². The number of para-hydroxylation sites is 1. The van der Waals surface area contributed by atoms with Gasteiger partial charge in [0.15, 0.2) is 0 Å². The summed E-state index contributed by atoms with van der Waals surface area (Å²) in [5.41, 5.74) is -1.35. The number of hydrogen-bond acceptors (Lipinski definition) is 5. The SMILES string of the molecule is Cn1c(C(F)(F)F)nn(C2CCN(C(=O)c3cc4ccccc4oc3=O)CC2)c1=O. The van der Waals surface area contributed by atoms with Crippen LogP contribution < -0.4 is 11.3 Å². The molecule has 0 N–H and O–H groups in total. The monoisotopic (exact) mass is 422 g/mol. The minimum Gasteiger partial charge on any atom is -0.422 e. The number of aromatic nitrogens is 3. The van der Waals surface area contributed by atoms with Crippen LogP contribution in [0.25, 0.3) is 11.0 Å². The fraction of sp³-hybridized carbons (Fsp3) is 0.368. The van der Waals surface area contributed by atoms with Gasteiger partial charge in [-0.15, -0.1) is 5.10 Å². The highest BCUT2D eigenvalue weighted by Gasteiger charge is 2.39. The summed E-state index contributed by atoms with van der Waals surface area (Å²) < 4.78 is 45.4. The Balaban J connectivity index is 1.53. The molecule has 0 spiro atoms. The summed E-state index contributed by atoms with van der Waals surface area (Å²) in [6.45, 7) is 0.334. The number of carbonyl (C=O) groups is 1. The molecule has 158 valence electrons. The smallest absolute Gasteiger partial charge is 0.422 e. The number of amides is 1. The molecule has 1 aromatic carbocycles. The van der Waals surface area contributed by atoms with Gasteiger partial charge in [-0.1, -0.05) is 18.2 Å². The number of fused-ring (bicyclic) bond motifs is 1. The highest BCUT2D eigenvalue weighted by molar-refractivity contribution is 5.96. The van der Waals surface area contributed by atoms with E-state index in [9.17, 15) is 27.6 Å². The van der Waals surface area contributed by atoms with E-state index in [1.807, 2.05) is 0 Å². The van der Waals surface area contributed by atoms with Crippen molar-refractivity contribution in [1.29, 1.82) is 0 Å². The molecular weight excluding hydrogens is 405 g/mol. The average molecular weight is 422 g/mol. The van der Waals surface area contributed by atoms with Crippen LogP contribution in [0.1, 0.15) is 35.1 Å². The highest BCUT2D eigenvalue weighted by Crippen LogP contribution is 2.28. The first kappa shape index (κ1) is 19.9. The van der Waals surface area contributed by atoms with Crippen LogP contribution in [-0.4, -0.2) is 38.2 Å². The maximum atomic E-state index is 13.0. The van der Waals surface area contributed by atoms with Gasteiger partial charge < -0.3 is 9.32 Å². The van der Waals surface area contributed by atoms with Crippen LogP contribution >= 0.6 is 0 Å². The number of rotatable bonds is 2. The van der Waals surface area contributed by atoms with Crippen molar-refractivity contribution in [3.63, 3.8) is 0 Å². The summed E-state index contributed by atoms with van der Waals surface area (Å²) in [5.74, 6) is -1.78. The summed E-state index contributed by atoms with van der Waals surface area (Å²) in [7, 11) is 1.02. The molecule has 0 saturated carbocycles. The van der Waals surface area contributed by atoms with Crippen LogP contribution in [0.3, 0.4) is 0 Å². The Morgan fingerprint density at radius 3 is 2.47 bits per heavy atom. The van der Waals surface area contributed by atoms with Crippen LogP contribution in [0.15, 0.2) is 44.3 Å². The minimum absolute atomic E-state index is 0.110. The standard InChI is InChI=1S/C19H17F3N4O4/c1-24-17(19(20,21)22)23-26(18(24)29)12-6-8-25(9-7-12)15(27)13-10-11-4-2-3-5-14(11)30-16(13)28/h2-5,10,12H,6-9H2,1H3. The topological polar surface area (TPSA) is 90.3 Å². The van der Waals surface area contributed by atoms with Crippen molar-refractivity contribution in [2.45, 2.75) is 25.1 Å². The van der Waals surface area contributed by atoms with Crippen LogP contribution in [0, 0.1) is 0 Å². The zero-order valence-electron chi connectivity index (χ0n) is 15.8. The zero-order valence-corrected chi connectivity index (χ0v) is 15.8. The van der Waals surface area contributed by atoms with E-state index in [1.165, 1.54) is 11.0 Å². The fourth-order valence-corrected chi connectivity index (χ4v) is 3.64. The van der Waals surface area contributed by atoms with Gasteiger partial charge in [0.2, 0.25) is 5.82 Å². The first-order chi connectivity index (χ1) is 14.2. The Labute approximate surface area is 167 Å². The van der Waals surface area contributed by atoms with Crippen molar-refractivity contribution in [3.8, 4) is 0 Å². The lowest BCUT2D eigenvalue weighted by Crippen LogP contribution is -2.42. The van der Waals surface area contributed by atoms with E-state index in [1.54, 1.807) is 24.3 Å². The van der Waals surface area contributed by atoms with E-state index in [0.29, 0.717) is 15.5 Å². The van der Waals surface area contributed by atoms with Gasteiger partial charge in [-0.05, 0) is 25.0 Å². The van der Waals surface area contributed by atoms with Gasteiger partial charge in [0, 0.05) is 25.5 Å². The van der Waals surface area contributed by atoms with Crippen LogP contribution in [0.4, 0.5) is 13.2 Å². The number of alkyl halides is 3. The fourth-order valence-electron chi connectivity index (χ4n) is 3.64. The molecule has 8 nitrogen and oxygen atoms in total. The summed E-state index contributed by atoms with van der Waals surface area (Å²) in [6, 6.07) is 7.69. The van der Waals surface area contributed by atoms with Crippen LogP contribution in [-0.2, 0) is 13.2 Å². The molecule has 1 aliphatic heterocycles. The number of piperidine rings is 1. The van der Waals surface area contributed by atoms with Crippen molar-refractivity contribution in [3.05, 3.63) is 62.6 Å². The molecule has 0 atom stereocenters. The summed E-state index contributed by atoms with van der Waals surface area (Å²) >= 11 is 0. The van der Waals surface area contributed by atoms with Crippen molar-refractivity contribution < 1.29 is 22.4 Å². The Kier molecular flexibility index (Phi) is 4.75. The number of hydrogen-bond donors (Lipinski definition) is 0. The molecule has 1 aliphatic rings. The normalized spacial score (nSPS) is 15.7. The summed E-state index contributed by atoms with van der Waals surface area (Å²) in [5, 5.41) is 4.06. The van der Waals surface area contributed by atoms with E-state index < -0.39 is 35.3 Å². The van der Waals surface area contributed by atoms with E-state index in [0.717, 1.165) is 11.7 Å². The second kappa shape index (κ2) is 7.15. The van der Waals surface area contributed by atoms with Crippen molar-refractivity contribution >= 4 is 16.9 Å². The zero-order chi connectivity index (χ0) is 21.6. The largest absolute Gasteiger partial charge is 0.451 e. The van der Waals surface area contributed by atoms with E-state index in [-0.39, 0.29) is 31.5 Å². The summed E-state index contributed by atoms with van der Waals surface area (Å²) in [6.07, 6.45) is -4.27. The quantitative estimate of drug-likeness (QED) is 0.591. The average Bonchev–Trinajstić information content (AvgIpc) is 3.02. The molecule has 3 aromatic rings. The second-order valence-electron chi connectivity index (χ2n) is 7.12. The van der Waals surface area contributed by atoms with Gasteiger partial charge in [0.25, 0.3) is 5.91 Å². The lowest BCUT2D eigenvalue weighted by atomic mass is 10.0. The maximum Gasteiger partial charge on any atom is 0.451 e. The van der Waals surface area contributed by atoms with E-state index >= 15 is 0 Å². The molecule has 3 heterocycles. The molecule has 1 saturated heterocycles. The van der Waals surface area contributed by atoms with Gasteiger partial charge in [-0.2, -0.15) is 13.2 Å². The molecule has 0 radical (unpaired) electrons. The Bertz CT molecular complexity index is 1230. The van der Waals surface area contributed by atoms with Crippen LogP contribution in [0.5, 0.6) is 0 Å². The van der Waals surface area contributed by atoms with Gasteiger partial charge in [-0.3, -0.25) is 9.36 Å². The van der Waals surface area contributed by atoms with Crippen molar-refractivity contribution in [2.24, 2.45) is 7.05 Å². The molecule has 11 heteroatoms. The Hall–Kier alpha value is -3.37. The number of benzene rings is 1. The molecule has 0 unspecified atom stereocenters. The Morgan fingerprint density at radius 1 is 1.17 bits per heavy atom. The predicted molar refractivity (Wildman–Crippen MR) is 99.1 cm³/mol. The lowest BCUT2D eigenvalue weighted by molar-refractivity contribution is -0.147. The van der Waals surface area contributed by atoms with E-state index in [4.69, 9.17) is 4.42 Å².